The van der Waals surface area contributed by atoms with Gasteiger partial charge in [-0.3, -0.25) is 4.79 Å². The van der Waals surface area contributed by atoms with Crippen molar-refractivity contribution in [1.29, 1.82) is 0 Å². The molecule has 0 radical (unpaired) electrons. The van der Waals surface area contributed by atoms with E-state index < -0.39 is 30.3 Å². The van der Waals surface area contributed by atoms with E-state index in [0.29, 0.717) is 0 Å². The lowest BCUT2D eigenvalue weighted by Crippen LogP contribution is -2.34. The van der Waals surface area contributed by atoms with Gasteiger partial charge in [-0.15, -0.1) is 0 Å². The van der Waals surface area contributed by atoms with Crippen molar-refractivity contribution in [1.82, 2.24) is 0 Å². The quantitative estimate of drug-likeness (QED) is 0.595. The highest BCUT2D eigenvalue weighted by Crippen LogP contribution is 2.39. The molecular formula is C6H8F2O3. The third-order valence-corrected chi connectivity index (χ3v) is 1.92. The van der Waals surface area contributed by atoms with E-state index in [9.17, 15) is 13.6 Å². The van der Waals surface area contributed by atoms with Crippen LogP contribution in [0.2, 0.25) is 0 Å². The van der Waals surface area contributed by atoms with Gasteiger partial charge in [0.2, 0.25) is 0 Å². The topological polar surface area (TPSA) is 57.5 Å². The highest BCUT2D eigenvalue weighted by atomic mass is 19.3. The molecule has 1 fully saturated rings. The number of carbonyl (C=O) groups is 1. The molecule has 64 valence electrons. The highest BCUT2D eigenvalue weighted by Gasteiger charge is 2.51. The van der Waals surface area contributed by atoms with Crippen LogP contribution in [-0.4, -0.2) is 28.2 Å². The van der Waals surface area contributed by atoms with Crippen molar-refractivity contribution in [3.05, 3.63) is 0 Å². The average Bonchev–Trinajstić information content (AvgIpc) is 2.09. The first-order valence-electron chi connectivity index (χ1n) is 3.24. The lowest BCUT2D eigenvalue weighted by atomic mass is 10.1. The summed E-state index contributed by atoms with van der Waals surface area (Å²) in [4.78, 5) is 10.2. The fourth-order valence-electron chi connectivity index (χ4n) is 1.21. The van der Waals surface area contributed by atoms with Crippen LogP contribution in [0.4, 0.5) is 8.78 Å². The molecular weight excluding hydrogens is 158 g/mol. The van der Waals surface area contributed by atoms with Crippen LogP contribution in [0.25, 0.3) is 0 Å². The van der Waals surface area contributed by atoms with Gasteiger partial charge in [-0.25, -0.2) is 8.78 Å². The van der Waals surface area contributed by atoms with Gasteiger partial charge in [0.1, 0.15) is 6.10 Å². The molecule has 3 nitrogen and oxygen atoms in total. The van der Waals surface area contributed by atoms with Crippen molar-refractivity contribution >= 4 is 5.97 Å². The van der Waals surface area contributed by atoms with Gasteiger partial charge in [-0.1, -0.05) is 0 Å². The van der Waals surface area contributed by atoms with Crippen molar-refractivity contribution in [2.75, 3.05) is 0 Å². The van der Waals surface area contributed by atoms with Crippen molar-refractivity contribution in [2.45, 2.75) is 24.9 Å². The first-order chi connectivity index (χ1) is 4.95. The van der Waals surface area contributed by atoms with Crippen LogP contribution < -0.4 is 0 Å². The lowest BCUT2D eigenvalue weighted by Gasteiger charge is -2.15. The van der Waals surface area contributed by atoms with Crippen molar-refractivity contribution < 1.29 is 23.8 Å². The van der Waals surface area contributed by atoms with Crippen molar-refractivity contribution in [3.8, 4) is 0 Å². The molecule has 0 heterocycles. The first-order valence-corrected chi connectivity index (χ1v) is 3.24. The lowest BCUT2D eigenvalue weighted by molar-refractivity contribution is -0.152. The molecule has 0 unspecified atom stereocenters. The maximum atomic E-state index is 12.4. The van der Waals surface area contributed by atoms with E-state index in [2.05, 4.69) is 0 Å². The number of aliphatic hydroxyl groups excluding tert-OH is 1. The molecule has 5 heteroatoms. The fraction of sp³-hybridized carbons (Fsp3) is 0.833. The summed E-state index contributed by atoms with van der Waals surface area (Å²) < 4.78 is 24.9. The molecule has 1 saturated carbocycles. The summed E-state index contributed by atoms with van der Waals surface area (Å²) in [5.41, 5.74) is 0. The van der Waals surface area contributed by atoms with E-state index in [4.69, 9.17) is 10.2 Å². The standard InChI is InChI=1S/C6H8F2O3/c7-6(8)2-1-3(4(6)9)5(10)11/h3-4,9H,1-2H2,(H,10,11)/t3-,4+/m1/s1. The molecule has 0 bridgehead atoms. The number of hydrogen-bond donors (Lipinski definition) is 2. The predicted octanol–water partition coefficient (Wildman–Crippen LogP) is 0.477. The van der Waals surface area contributed by atoms with Gasteiger partial charge in [0, 0.05) is 6.42 Å². The van der Waals surface area contributed by atoms with Crippen LogP contribution in [0.3, 0.4) is 0 Å². The maximum Gasteiger partial charge on any atom is 0.309 e. The summed E-state index contributed by atoms with van der Waals surface area (Å²) in [5, 5.41) is 17.1. The van der Waals surface area contributed by atoms with Crippen LogP contribution in [-0.2, 0) is 4.79 Å². The number of halogens is 2. The van der Waals surface area contributed by atoms with Crippen LogP contribution >= 0.6 is 0 Å². The second-order valence-electron chi connectivity index (χ2n) is 2.69. The Labute approximate surface area is 61.6 Å². The summed E-state index contributed by atoms with van der Waals surface area (Å²) in [5.74, 6) is -5.87. The largest absolute Gasteiger partial charge is 0.481 e. The van der Waals surface area contributed by atoms with E-state index >= 15 is 0 Å². The summed E-state index contributed by atoms with van der Waals surface area (Å²) in [6.07, 6.45) is -2.70. The molecule has 2 N–H and O–H groups in total. The Kier molecular flexibility index (Phi) is 1.83. The third kappa shape index (κ3) is 1.33. The Morgan fingerprint density at radius 2 is 2.09 bits per heavy atom. The van der Waals surface area contributed by atoms with Gasteiger partial charge in [-0.05, 0) is 6.42 Å². The zero-order valence-electron chi connectivity index (χ0n) is 5.63. The summed E-state index contributed by atoms with van der Waals surface area (Å²) in [6, 6.07) is 0. The van der Waals surface area contributed by atoms with E-state index in [1.807, 2.05) is 0 Å². The molecule has 0 aromatic carbocycles. The maximum absolute atomic E-state index is 12.4. The molecule has 0 amide bonds. The number of hydrogen-bond acceptors (Lipinski definition) is 2. The Bertz CT molecular complexity index is 181. The van der Waals surface area contributed by atoms with Crippen LogP contribution in [0, 0.1) is 5.92 Å². The number of alkyl halides is 2. The Morgan fingerprint density at radius 1 is 1.55 bits per heavy atom. The average molecular weight is 166 g/mol. The van der Waals surface area contributed by atoms with E-state index in [-0.39, 0.29) is 6.42 Å². The predicted molar refractivity (Wildman–Crippen MR) is 31.3 cm³/mol. The molecule has 1 aliphatic carbocycles. The molecule has 11 heavy (non-hydrogen) atoms. The zero-order chi connectivity index (χ0) is 8.65. The fourth-order valence-corrected chi connectivity index (χ4v) is 1.21. The number of carboxylic acids is 1. The number of aliphatic carboxylic acids is 1. The van der Waals surface area contributed by atoms with E-state index in [1.54, 1.807) is 0 Å². The second kappa shape index (κ2) is 2.41. The third-order valence-electron chi connectivity index (χ3n) is 1.92. The van der Waals surface area contributed by atoms with Gasteiger partial charge in [0.25, 0.3) is 5.92 Å². The van der Waals surface area contributed by atoms with E-state index in [1.165, 1.54) is 0 Å². The molecule has 0 aromatic heterocycles. The van der Waals surface area contributed by atoms with Gasteiger partial charge in [0.05, 0.1) is 5.92 Å². The van der Waals surface area contributed by atoms with Gasteiger partial charge >= 0.3 is 5.97 Å². The first kappa shape index (κ1) is 8.39. The summed E-state index contributed by atoms with van der Waals surface area (Å²) in [6.45, 7) is 0. The Hall–Kier alpha value is -0.710. The van der Waals surface area contributed by atoms with Gasteiger partial charge in [0.15, 0.2) is 0 Å². The smallest absolute Gasteiger partial charge is 0.309 e. The minimum absolute atomic E-state index is 0.149. The van der Waals surface area contributed by atoms with Crippen molar-refractivity contribution in [2.24, 2.45) is 5.92 Å². The Morgan fingerprint density at radius 3 is 2.27 bits per heavy atom. The molecule has 0 saturated heterocycles. The SMILES string of the molecule is O=C(O)[C@@H]1CCC(F)(F)[C@H]1O. The summed E-state index contributed by atoms with van der Waals surface area (Å²) in [7, 11) is 0. The van der Waals surface area contributed by atoms with Gasteiger partial charge < -0.3 is 10.2 Å². The minimum Gasteiger partial charge on any atom is -0.481 e. The minimum atomic E-state index is -3.22. The monoisotopic (exact) mass is 166 g/mol. The number of aliphatic hydroxyl groups is 1. The number of carboxylic acid groups (broad SMARTS) is 1. The molecule has 1 aliphatic rings. The Balaban J connectivity index is 2.71. The second-order valence-corrected chi connectivity index (χ2v) is 2.69. The van der Waals surface area contributed by atoms with Crippen LogP contribution in [0.15, 0.2) is 0 Å². The normalized spacial score (nSPS) is 35.5. The zero-order valence-corrected chi connectivity index (χ0v) is 5.63. The number of rotatable bonds is 1. The molecule has 2 atom stereocenters. The van der Waals surface area contributed by atoms with E-state index in [0.717, 1.165) is 0 Å². The van der Waals surface area contributed by atoms with Gasteiger partial charge in [-0.2, -0.15) is 0 Å². The molecule has 0 aromatic rings. The van der Waals surface area contributed by atoms with Crippen LogP contribution in [0.1, 0.15) is 12.8 Å². The van der Waals surface area contributed by atoms with Crippen LogP contribution in [0.5, 0.6) is 0 Å². The molecule has 1 rings (SSSR count). The van der Waals surface area contributed by atoms with Crippen molar-refractivity contribution in [3.63, 3.8) is 0 Å². The summed E-state index contributed by atoms with van der Waals surface area (Å²) >= 11 is 0. The highest BCUT2D eigenvalue weighted by molar-refractivity contribution is 5.71. The molecule has 0 aliphatic heterocycles. The molecule has 0 spiro atoms.